The molecule has 0 aliphatic carbocycles. The van der Waals surface area contributed by atoms with Gasteiger partial charge in [-0.05, 0) is 89.9 Å². The van der Waals surface area contributed by atoms with Crippen molar-refractivity contribution >= 4 is 5.97 Å². The molecule has 1 N–H and O–H groups in total. The largest absolute Gasteiger partial charge is 0.457 e. The first-order chi connectivity index (χ1) is 29.2. The lowest BCUT2D eigenvalue weighted by molar-refractivity contribution is -0.154. The van der Waals surface area contributed by atoms with E-state index in [1.54, 1.807) is 0 Å². The zero-order valence-corrected chi connectivity index (χ0v) is 39.0. The molecule has 340 valence electrons. The summed E-state index contributed by atoms with van der Waals surface area (Å²) in [6.45, 7) is 5.20. The van der Waals surface area contributed by atoms with Crippen LogP contribution in [0.2, 0.25) is 0 Å². The van der Waals surface area contributed by atoms with E-state index in [4.69, 9.17) is 9.47 Å². The van der Waals surface area contributed by atoms with E-state index in [9.17, 15) is 9.90 Å². The summed E-state index contributed by atoms with van der Waals surface area (Å²) in [5, 5.41) is 9.65. The minimum Gasteiger partial charge on any atom is -0.457 e. The van der Waals surface area contributed by atoms with Gasteiger partial charge in [-0.3, -0.25) is 4.79 Å². The maximum atomic E-state index is 12.3. The Hall–Kier alpha value is -2.43. The molecule has 4 nitrogen and oxygen atoms in total. The summed E-state index contributed by atoms with van der Waals surface area (Å²) in [6, 6.07) is 0. The number of hydrogen-bond donors (Lipinski definition) is 1. The van der Waals surface area contributed by atoms with Crippen molar-refractivity contribution in [1.29, 1.82) is 0 Å². The molecule has 59 heavy (non-hydrogen) atoms. The zero-order valence-electron chi connectivity index (χ0n) is 39.0. The van der Waals surface area contributed by atoms with Gasteiger partial charge >= 0.3 is 5.97 Å². The van der Waals surface area contributed by atoms with Crippen LogP contribution >= 0.6 is 0 Å². The van der Waals surface area contributed by atoms with Crippen LogP contribution in [0.1, 0.15) is 232 Å². The van der Waals surface area contributed by atoms with Crippen LogP contribution in [0.15, 0.2) is 85.1 Å². The molecule has 0 amide bonds. The topological polar surface area (TPSA) is 55.8 Å². The molecule has 0 saturated carbocycles. The molecule has 1 unspecified atom stereocenters. The van der Waals surface area contributed by atoms with Crippen LogP contribution in [0.3, 0.4) is 0 Å². The molecule has 0 aliphatic rings. The molecular weight excluding hydrogens is 725 g/mol. The van der Waals surface area contributed by atoms with Crippen LogP contribution < -0.4 is 0 Å². The SMILES string of the molecule is CC/C=C\C/C=C\C/C=C\C/C=C\C/C=C\C/C=C\CCCCCCCOCC(CO)OC(=O)CCCCCCCCCCCCC/C=C\CCCCCCCCCC. The van der Waals surface area contributed by atoms with Gasteiger partial charge in [0, 0.05) is 13.0 Å². The van der Waals surface area contributed by atoms with Crippen molar-refractivity contribution in [3.63, 3.8) is 0 Å². The molecule has 0 aromatic carbocycles. The van der Waals surface area contributed by atoms with Crippen LogP contribution in [-0.2, 0) is 14.3 Å². The number of aliphatic hydroxyl groups is 1. The highest BCUT2D eigenvalue weighted by Gasteiger charge is 2.13. The average molecular weight is 821 g/mol. The highest BCUT2D eigenvalue weighted by molar-refractivity contribution is 5.69. The van der Waals surface area contributed by atoms with Gasteiger partial charge in [0.25, 0.3) is 0 Å². The van der Waals surface area contributed by atoms with Crippen LogP contribution in [0.5, 0.6) is 0 Å². The van der Waals surface area contributed by atoms with E-state index in [1.165, 1.54) is 141 Å². The predicted octanol–water partition coefficient (Wildman–Crippen LogP) is 17.1. The molecule has 0 radical (unpaired) electrons. The van der Waals surface area contributed by atoms with E-state index in [0.717, 1.165) is 70.6 Å². The molecule has 0 spiro atoms. The van der Waals surface area contributed by atoms with Crippen molar-refractivity contribution in [3.05, 3.63) is 85.1 Å². The number of aliphatic hydroxyl groups excluding tert-OH is 1. The highest BCUT2D eigenvalue weighted by atomic mass is 16.6. The second kappa shape index (κ2) is 51.7. The van der Waals surface area contributed by atoms with E-state index < -0.39 is 6.10 Å². The molecule has 0 heterocycles. The summed E-state index contributed by atoms with van der Waals surface area (Å²) >= 11 is 0. The normalized spacial score (nSPS) is 13.1. The summed E-state index contributed by atoms with van der Waals surface area (Å²) in [7, 11) is 0. The Bertz CT molecular complexity index is 1050. The van der Waals surface area contributed by atoms with Crippen LogP contribution in [0, 0.1) is 0 Å². The Morgan fingerprint density at radius 1 is 0.424 bits per heavy atom. The van der Waals surface area contributed by atoms with E-state index in [-0.39, 0.29) is 19.2 Å². The van der Waals surface area contributed by atoms with Crippen LogP contribution in [0.4, 0.5) is 0 Å². The molecule has 0 aromatic rings. The van der Waals surface area contributed by atoms with Crippen molar-refractivity contribution in [2.45, 2.75) is 238 Å². The van der Waals surface area contributed by atoms with E-state index in [2.05, 4.69) is 98.9 Å². The number of esters is 1. The second-order valence-electron chi connectivity index (χ2n) is 16.5. The van der Waals surface area contributed by atoms with E-state index >= 15 is 0 Å². The summed E-state index contributed by atoms with van der Waals surface area (Å²) in [6.07, 6.45) is 72.4. The smallest absolute Gasteiger partial charge is 0.306 e. The first kappa shape index (κ1) is 56.6. The summed E-state index contributed by atoms with van der Waals surface area (Å²) in [5.41, 5.74) is 0. The molecule has 0 fully saturated rings. The van der Waals surface area contributed by atoms with Crippen LogP contribution in [0.25, 0.3) is 0 Å². The molecule has 0 rings (SSSR count). The van der Waals surface area contributed by atoms with Gasteiger partial charge in [-0.1, -0.05) is 221 Å². The molecule has 4 heteroatoms. The maximum Gasteiger partial charge on any atom is 0.306 e. The third kappa shape index (κ3) is 49.8. The van der Waals surface area contributed by atoms with Gasteiger partial charge in [0.15, 0.2) is 0 Å². The number of rotatable bonds is 46. The second-order valence-corrected chi connectivity index (χ2v) is 16.5. The first-order valence-corrected chi connectivity index (χ1v) is 25.2. The van der Waals surface area contributed by atoms with Gasteiger partial charge in [-0.25, -0.2) is 0 Å². The highest BCUT2D eigenvalue weighted by Crippen LogP contribution is 2.14. The van der Waals surface area contributed by atoms with Crippen molar-refractivity contribution < 1.29 is 19.4 Å². The molecule has 0 aromatic heterocycles. The van der Waals surface area contributed by atoms with Crippen molar-refractivity contribution in [1.82, 2.24) is 0 Å². The predicted molar refractivity (Wildman–Crippen MR) is 260 cm³/mol. The Morgan fingerprint density at radius 2 is 0.763 bits per heavy atom. The van der Waals surface area contributed by atoms with Gasteiger partial charge in [0.1, 0.15) is 6.10 Å². The minimum atomic E-state index is -0.551. The summed E-state index contributed by atoms with van der Waals surface area (Å²) in [5.74, 6) is -0.210. The Labute approximate surface area is 367 Å². The van der Waals surface area contributed by atoms with Crippen molar-refractivity contribution in [2.24, 2.45) is 0 Å². The molecule has 0 bridgehead atoms. The lowest BCUT2D eigenvalue weighted by Gasteiger charge is -2.15. The van der Waals surface area contributed by atoms with Crippen LogP contribution in [-0.4, -0.2) is 37.0 Å². The van der Waals surface area contributed by atoms with E-state index in [1.807, 2.05) is 0 Å². The molecular formula is C55H96O4. The molecule has 0 saturated heterocycles. The number of carbonyl (C=O) groups is 1. The van der Waals surface area contributed by atoms with Gasteiger partial charge in [-0.15, -0.1) is 0 Å². The van der Waals surface area contributed by atoms with Gasteiger partial charge in [-0.2, -0.15) is 0 Å². The van der Waals surface area contributed by atoms with Gasteiger partial charge in [0.05, 0.1) is 13.2 Å². The molecule has 1 atom stereocenters. The Balaban J connectivity index is 3.48. The first-order valence-electron chi connectivity index (χ1n) is 25.2. The average Bonchev–Trinajstić information content (AvgIpc) is 3.24. The Morgan fingerprint density at radius 3 is 1.17 bits per heavy atom. The standard InChI is InChI=1S/C55H96O4/c1-3-5-7-9-11-13-15-17-19-21-23-25-27-29-31-33-35-37-39-41-43-45-47-49-51-58-53-54(52-56)59-55(57)50-48-46-44-42-40-38-36-34-32-30-28-26-24-22-20-18-16-14-12-10-8-6-4-2/h5,7,11,13,17,19,22-25,29,31,35,37,54,56H,3-4,6,8-10,12,14-16,18,20-21,26-28,30,32-34,36,38-53H2,1-2H3/b7-5-,13-11-,19-17-,24-22-,25-23-,31-29-,37-35-. The minimum absolute atomic E-state index is 0.184. The third-order valence-corrected chi connectivity index (χ3v) is 10.7. The number of allylic oxidation sites excluding steroid dienone is 14. The summed E-state index contributed by atoms with van der Waals surface area (Å²) < 4.78 is 11.2. The Kier molecular flexibility index (Phi) is 49.6. The van der Waals surface area contributed by atoms with Crippen molar-refractivity contribution in [3.8, 4) is 0 Å². The monoisotopic (exact) mass is 821 g/mol. The number of ether oxygens (including phenoxy) is 2. The number of carbonyl (C=O) groups excluding carboxylic acids is 1. The summed E-state index contributed by atoms with van der Waals surface area (Å²) in [4.78, 5) is 12.3. The zero-order chi connectivity index (χ0) is 42.6. The fourth-order valence-corrected chi connectivity index (χ4v) is 6.97. The van der Waals surface area contributed by atoms with Gasteiger partial charge < -0.3 is 14.6 Å². The number of unbranched alkanes of at least 4 members (excludes halogenated alkanes) is 24. The lowest BCUT2D eigenvalue weighted by Crippen LogP contribution is -2.27. The van der Waals surface area contributed by atoms with Gasteiger partial charge in [0.2, 0.25) is 0 Å². The van der Waals surface area contributed by atoms with Crippen molar-refractivity contribution in [2.75, 3.05) is 19.8 Å². The fourth-order valence-electron chi connectivity index (χ4n) is 6.97. The third-order valence-electron chi connectivity index (χ3n) is 10.7. The molecule has 0 aliphatic heterocycles. The van der Waals surface area contributed by atoms with E-state index in [0.29, 0.717) is 13.0 Å². The quantitative estimate of drug-likeness (QED) is 0.0378. The maximum absolute atomic E-state index is 12.3. The number of hydrogen-bond acceptors (Lipinski definition) is 4. The fraction of sp³-hybridized carbons (Fsp3) is 0.727. The lowest BCUT2D eigenvalue weighted by atomic mass is 10.0.